The first-order valence-electron chi connectivity index (χ1n) is 8.50. The molecule has 0 radical (unpaired) electrons. The minimum atomic E-state index is 0.0403. The average Bonchev–Trinajstić information content (AvgIpc) is 3.31. The van der Waals surface area contributed by atoms with Gasteiger partial charge < -0.3 is 23.7 Å². The second kappa shape index (κ2) is 7.03. The number of hydrogen-bond acceptors (Lipinski definition) is 4. The number of furan rings is 1. The van der Waals surface area contributed by atoms with Crippen LogP contribution in [0.4, 0.5) is 0 Å². The second-order valence-corrected chi connectivity index (χ2v) is 6.29. The van der Waals surface area contributed by atoms with Crippen molar-refractivity contribution in [3.05, 3.63) is 54.0 Å². The molecule has 1 amide bonds. The van der Waals surface area contributed by atoms with Crippen LogP contribution in [0.2, 0.25) is 0 Å². The Hall–Kier alpha value is -2.73. The van der Waals surface area contributed by atoms with Crippen molar-refractivity contribution in [2.45, 2.75) is 6.54 Å². The summed E-state index contributed by atoms with van der Waals surface area (Å²) in [6.07, 6.45) is 4.90. The van der Waals surface area contributed by atoms with Crippen LogP contribution in [0.5, 0.6) is 11.5 Å². The maximum absolute atomic E-state index is 12.2. The van der Waals surface area contributed by atoms with Gasteiger partial charge in [-0.2, -0.15) is 0 Å². The molecule has 1 saturated heterocycles. The molecule has 1 N–H and O–H groups in total. The summed E-state index contributed by atoms with van der Waals surface area (Å²) in [6, 6.07) is 9.75. The van der Waals surface area contributed by atoms with Gasteiger partial charge in [0.25, 0.3) is 0 Å². The topological polar surface area (TPSA) is 56.4 Å². The van der Waals surface area contributed by atoms with E-state index in [4.69, 9.17) is 13.9 Å². The molecule has 3 heterocycles. The summed E-state index contributed by atoms with van der Waals surface area (Å²) in [7, 11) is 0. The van der Waals surface area contributed by atoms with Gasteiger partial charge in [-0.05, 0) is 36.4 Å². The molecule has 6 heteroatoms. The predicted molar refractivity (Wildman–Crippen MR) is 91.3 cm³/mol. The maximum atomic E-state index is 12.2. The lowest BCUT2D eigenvalue weighted by atomic mass is 10.1. The van der Waals surface area contributed by atoms with E-state index in [1.807, 2.05) is 23.1 Å². The van der Waals surface area contributed by atoms with E-state index in [1.165, 1.54) is 10.5 Å². The zero-order chi connectivity index (χ0) is 17.1. The number of nitrogens with zero attached hydrogens (tertiary/aromatic N) is 1. The van der Waals surface area contributed by atoms with Gasteiger partial charge in [0, 0.05) is 11.6 Å². The van der Waals surface area contributed by atoms with Gasteiger partial charge in [-0.1, -0.05) is 0 Å². The monoisotopic (exact) mass is 341 g/mol. The number of fused-ring (bicyclic) bond motifs is 1. The summed E-state index contributed by atoms with van der Waals surface area (Å²) >= 11 is 0. The molecule has 0 spiro atoms. The van der Waals surface area contributed by atoms with Crippen molar-refractivity contribution in [1.29, 1.82) is 0 Å². The number of piperazine rings is 1. The molecule has 1 aromatic heterocycles. The Balaban J connectivity index is 1.29. The number of carbonyl (C=O) groups excluding carboxylic acids is 1. The molecule has 25 heavy (non-hydrogen) atoms. The standard InChI is InChI=1S/C19H20N2O4/c22-19(6-4-16-2-1-11-23-16)21-9-7-20(8-10-21)13-15-3-5-17-18(12-15)25-14-24-17/h1-6,11-12H,7-10,13-14H2/p+1/b6-4+. The van der Waals surface area contributed by atoms with Crippen molar-refractivity contribution in [3.63, 3.8) is 0 Å². The molecule has 4 rings (SSSR count). The van der Waals surface area contributed by atoms with Gasteiger partial charge in [-0.3, -0.25) is 4.79 Å². The van der Waals surface area contributed by atoms with Crippen LogP contribution in [0.1, 0.15) is 11.3 Å². The lowest BCUT2D eigenvalue weighted by Gasteiger charge is -2.31. The lowest BCUT2D eigenvalue weighted by molar-refractivity contribution is -0.917. The molecule has 0 saturated carbocycles. The third-order valence-corrected chi connectivity index (χ3v) is 4.61. The van der Waals surface area contributed by atoms with Crippen molar-refractivity contribution in [3.8, 4) is 11.5 Å². The minimum Gasteiger partial charge on any atom is -0.465 e. The number of amides is 1. The summed E-state index contributed by atoms with van der Waals surface area (Å²) in [5.74, 6) is 2.38. The Morgan fingerprint density at radius 3 is 2.80 bits per heavy atom. The van der Waals surface area contributed by atoms with Crippen LogP contribution in [-0.4, -0.2) is 43.8 Å². The Morgan fingerprint density at radius 2 is 2.00 bits per heavy atom. The molecule has 1 fully saturated rings. The Bertz CT molecular complexity index is 762. The highest BCUT2D eigenvalue weighted by Crippen LogP contribution is 2.32. The number of hydrogen-bond donors (Lipinski definition) is 1. The SMILES string of the molecule is O=C(/C=C/c1ccco1)N1CC[NH+](Cc2ccc3c(c2)OCO3)CC1. The van der Waals surface area contributed by atoms with Crippen LogP contribution in [0.25, 0.3) is 6.08 Å². The van der Waals surface area contributed by atoms with Crippen molar-refractivity contribution < 1.29 is 23.6 Å². The Kier molecular flexibility index (Phi) is 4.43. The largest absolute Gasteiger partial charge is 0.465 e. The summed E-state index contributed by atoms with van der Waals surface area (Å²) < 4.78 is 16.0. The van der Waals surface area contributed by atoms with Gasteiger partial charge in [0.05, 0.1) is 32.4 Å². The molecule has 1 aromatic carbocycles. The summed E-state index contributed by atoms with van der Waals surface area (Å²) in [4.78, 5) is 15.6. The van der Waals surface area contributed by atoms with Crippen molar-refractivity contribution in [2.75, 3.05) is 33.0 Å². The van der Waals surface area contributed by atoms with Gasteiger partial charge in [0.1, 0.15) is 12.3 Å². The van der Waals surface area contributed by atoms with Crippen molar-refractivity contribution >= 4 is 12.0 Å². The Morgan fingerprint density at radius 1 is 1.16 bits per heavy atom. The maximum Gasteiger partial charge on any atom is 0.247 e. The van der Waals surface area contributed by atoms with Gasteiger partial charge in [0.15, 0.2) is 11.5 Å². The van der Waals surface area contributed by atoms with E-state index in [9.17, 15) is 4.79 Å². The number of quaternary nitrogens is 1. The normalized spacial score (nSPS) is 17.4. The van der Waals surface area contributed by atoms with E-state index in [0.29, 0.717) is 12.6 Å². The third kappa shape index (κ3) is 3.69. The first kappa shape index (κ1) is 15.8. The van der Waals surface area contributed by atoms with Gasteiger partial charge in [0.2, 0.25) is 12.7 Å². The Labute approximate surface area is 146 Å². The third-order valence-electron chi connectivity index (χ3n) is 4.61. The molecule has 0 aliphatic carbocycles. The van der Waals surface area contributed by atoms with Crippen molar-refractivity contribution in [1.82, 2.24) is 4.90 Å². The molecular weight excluding hydrogens is 320 g/mol. The summed E-state index contributed by atoms with van der Waals surface area (Å²) in [5.41, 5.74) is 1.23. The van der Waals surface area contributed by atoms with E-state index < -0.39 is 0 Å². The van der Waals surface area contributed by atoms with Gasteiger partial charge >= 0.3 is 0 Å². The molecule has 2 aliphatic heterocycles. The summed E-state index contributed by atoms with van der Waals surface area (Å²) in [5, 5.41) is 0. The van der Waals surface area contributed by atoms with Crippen LogP contribution < -0.4 is 14.4 Å². The molecule has 2 aromatic rings. The molecular formula is C19H21N2O4+. The molecule has 2 aliphatic rings. The summed E-state index contributed by atoms with van der Waals surface area (Å²) in [6.45, 7) is 4.64. The van der Waals surface area contributed by atoms with Gasteiger partial charge in [-0.15, -0.1) is 0 Å². The second-order valence-electron chi connectivity index (χ2n) is 6.29. The van der Waals surface area contributed by atoms with Crippen LogP contribution >= 0.6 is 0 Å². The predicted octanol–water partition coefficient (Wildman–Crippen LogP) is 0.949. The highest BCUT2D eigenvalue weighted by Gasteiger charge is 2.23. The number of benzene rings is 1. The lowest BCUT2D eigenvalue weighted by Crippen LogP contribution is -3.13. The number of nitrogens with one attached hydrogen (secondary N) is 1. The number of rotatable bonds is 4. The fourth-order valence-corrected chi connectivity index (χ4v) is 3.20. The van der Waals surface area contributed by atoms with E-state index >= 15 is 0 Å². The van der Waals surface area contributed by atoms with Crippen LogP contribution in [-0.2, 0) is 11.3 Å². The average molecular weight is 341 g/mol. The molecule has 6 nitrogen and oxygen atoms in total. The van der Waals surface area contributed by atoms with Gasteiger partial charge in [-0.25, -0.2) is 0 Å². The molecule has 0 bridgehead atoms. The number of carbonyl (C=O) groups is 1. The molecule has 130 valence electrons. The van der Waals surface area contributed by atoms with Crippen molar-refractivity contribution in [2.24, 2.45) is 0 Å². The quantitative estimate of drug-likeness (QED) is 0.842. The van der Waals surface area contributed by atoms with Crippen LogP contribution in [0.15, 0.2) is 47.1 Å². The van der Waals surface area contributed by atoms with E-state index in [-0.39, 0.29) is 5.91 Å². The van der Waals surface area contributed by atoms with E-state index in [0.717, 1.165) is 44.2 Å². The fourth-order valence-electron chi connectivity index (χ4n) is 3.20. The van der Waals surface area contributed by atoms with E-state index in [2.05, 4.69) is 12.1 Å². The van der Waals surface area contributed by atoms with Crippen LogP contribution in [0.3, 0.4) is 0 Å². The first-order chi connectivity index (χ1) is 12.3. The first-order valence-corrected chi connectivity index (χ1v) is 8.50. The number of ether oxygens (including phenoxy) is 2. The highest BCUT2D eigenvalue weighted by atomic mass is 16.7. The highest BCUT2D eigenvalue weighted by molar-refractivity contribution is 5.91. The molecule has 0 unspecified atom stereocenters. The fraction of sp³-hybridized carbons (Fsp3) is 0.316. The zero-order valence-electron chi connectivity index (χ0n) is 13.9. The van der Waals surface area contributed by atoms with E-state index in [1.54, 1.807) is 18.4 Å². The minimum absolute atomic E-state index is 0.0403. The molecule has 0 atom stereocenters. The van der Waals surface area contributed by atoms with Crippen LogP contribution in [0, 0.1) is 0 Å². The zero-order valence-corrected chi connectivity index (χ0v) is 13.9. The smallest absolute Gasteiger partial charge is 0.247 e.